The van der Waals surface area contributed by atoms with E-state index in [4.69, 9.17) is 0 Å². The molecule has 120 valence electrons. The van der Waals surface area contributed by atoms with Crippen molar-refractivity contribution in [2.75, 3.05) is 5.32 Å². The molecule has 5 nitrogen and oxygen atoms in total. The van der Waals surface area contributed by atoms with Gasteiger partial charge in [0.25, 0.3) is 5.91 Å². The Morgan fingerprint density at radius 3 is 2.57 bits per heavy atom. The van der Waals surface area contributed by atoms with E-state index in [1.165, 1.54) is 17.8 Å². The van der Waals surface area contributed by atoms with Crippen molar-refractivity contribution in [3.8, 4) is 0 Å². The third-order valence-corrected chi connectivity index (χ3v) is 6.06. The molecule has 0 radical (unpaired) electrons. The molecule has 1 aliphatic rings. The topological polar surface area (TPSA) is 75.3 Å². The van der Waals surface area contributed by atoms with Gasteiger partial charge in [-0.15, -0.1) is 0 Å². The summed E-state index contributed by atoms with van der Waals surface area (Å²) in [5, 5.41) is 2.79. The van der Waals surface area contributed by atoms with Gasteiger partial charge in [-0.3, -0.25) is 4.79 Å². The van der Waals surface area contributed by atoms with Gasteiger partial charge < -0.3 is 5.32 Å². The second-order valence-corrected chi connectivity index (χ2v) is 8.28. The van der Waals surface area contributed by atoms with Crippen LogP contribution in [0.1, 0.15) is 24.2 Å². The van der Waals surface area contributed by atoms with Gasteiger partial charge in [0.1, 0.15) is 0 Å². The monoisotopic (exact) mass is 348 g/mol. The number of sulfonamides is 1. The van der Waals surface area contributed by atoms with E-state index in [0.29, 0.717) is 11.3 Å². The molecule has 1 aliphatic heterocycles. The van der Waals surface area contributed by atoms with Gasteiger partial charge in [0.15, 0.2) is 0 Å². The zero-order valence-electron chi connectivity index (χ0n) is 12.7. The molecule has 0 spiro atoms. The quantitative estimate of drug-likeness (QED) is 0.894. The zero-order chi connectivity index (χ0) is 16.6. The van der Waals surface area contributed by atoms with E-state index in [-0.39, 0.29) is 16.8 Å². The number of carbonyl (C=O) groups is 1. The van der Waals surface area contributed by atoms with E-state index in [2.05, 4.69) is 10.0 Å². The van der Waals surface area contributed by atoms with Crippen molar-refractivity contribution in [3.05, 3.63) is 48.0 Å². The SMILES string of the molecule is CC(C)NS(=O)(=O)c1ccc2c(c1)NC(=O)c1ccccc1S2. The maximum absolute atomic E-state index is 12.3. The highest BCUT2D eigenvalue weighted by molar-refractivity contribution is 7.99. The molecule has 1 heterocycles. The lowest BCUT2D eigenvalue weighted by Crippen LogP contribution is -2.30. The van der Waals surface area contributed by atoms with Crippen molar-refractivity contribution < 1.29 is 13.2 Å². The maximum Gasteiger partial charge on any atom is 0.256 e. The average molecular weight is 348 g/mol. The summed E-state index contributed by atoms with van der Waals surface area (Å²) in [7, 11) is -3.60. The summed E-state index contributed by atoms with van der Waals surface area (Å²) in [5.74, 6) is -0.238. The molecule has 7 heteroatoms. The lowest BCUT2D eigenvalue weighted by molar-refractivity contribution is 0.102. The summed E-state index contributed by atoms with van der Waals surface area (Å²) < 4.78 is 27.1. The van der Waals surface area contributed by atoms with E-state index in [1.54, 1.807) is 38.1 Å². The molecule has 23 heavy (non-hydrogen) atoms. The fraction of sp³-hybridized carbons (Fsp3) is 0.188. The number of rotatable bonds is 3. The van der Waals surface area contributed by atoms with Crippen LogP contribution in [0.4, 0.5) is 5.69 Å². The van der Waals surface area contributed by atoms with Crippen LogP contribution in [0.15, 0.2) is 57.2 Å². The first-order chi connectivity index (χ1) is 10.9. The molecular weight excluding hydrogens is 332 g/mol. The van der Waals surface area contributed by atoms with Gasteiger partial charge in [0.05, 0.1) is 16.1 Å². The maximum atomic E-state index is 12.3. The van der Waals surface area contributed by atoms with Crippen molar-refractivity contribution in [1.82, 2.24) is 4.72 Å². The van der Waals surface area contributed by atoms with Crippen molar-refractivity contribution in [1.29, 1.82) is 0 Å². The smallest absolute Gasteiger partial charge is 0.256 e. The van der Waals surface area contributed by atoms with Crippen LogP contribution in [0, 0.1) is 0 Å². The number of anilines is 1. The van der Waals surface area contributed by atoms with Crippen molar-refractivity contribution in [2.45, 2.75) is 34.6 Å². The second-order valence-electron chi connectivity index (χ2n) is 5.49. The Hall–Kier alpha value is -1.83. The lowest BCUT2D eigenvalue weighted by atomic mass is 10.2. The van der Waals surface area contributed by atoms with Gasteiger partial charge in [-0.1, -0.05) is 23.9 Å². The predicted molar refractivity (Wildman–Crippen MR) is 90.4 cm³/mol. The fourth-order valence-corrected chi connectivity index (χ4v) is 4.58. The highest BCUT2D eigenvalue weighted by atomic mass is 32.2. The third kappa shape index (κ3) is 3.26. The van der Waals surface area contributed by atoms with Gasteiger partial charge in [-0.2, -0.15) is 0 Å². The Labute approximate surface area is 139 Å². The molecule has 0 unspecified atom stereocenters. The first-order valence-corrected chi connectivity index (χ1v) is 9.41. The summed E-state index contributed by atoms with van der Waals surface area (Å²) in [4.78, 5) is 14.1. The van der Waals surface area contributed by atoms with Crippen LogP contribution in [0.2, 0.25) is 0 Å². The summed E-state index contributed by atoms with van der Waals surface area (Å²) in [6, 6.07) is 11.9. The van der Waals surface area contributed by atoms with Gasteiger partial charge in [-0.05, 0) is 44.2 Å². The highest BCUT2D eigenvalue weighted by Crippen LogP contribution is 2.39. The molecule has 2 N–H and O–H groups in total. The normalized spacial score (nSPS) is 14.0. The molecule has 2 aromatic carbocycles. The van der Waals surface area contributed by atoms with Crippen LogP contribution in [-0.2, 0) is 10.0 Å². The summed E-state index contributed by atoms with van der Waals surface area (Å²) in [5.41, 5.74) is 1.08. The van der Waals surface area contributed by atoms with Crippen LogP contribution >= 0.6 is 11.8 Å². The Morgan fingerprint density at radius 1 is 1.09 bits per heavy atom. The average Bonchev–Trinajstić information content (AvgIpc) is 2.61. The Balaban J connectivity index is 2.03. The molecule has 1 amide bonds. The molecule has 0 aliphatic carbocycles. The summed E-state index contributed by atoms with van der Waals surface area (Å²) in [6.45, 7) is 3.52. The van der Waals surface area contributed by atoms with E-state index < -0.39 is 10.0 Å². The van der Waals surface area contributed by atoms with Crippen molar-refractivity contribution in [3.63, 3.8) is 0 Å². The predicted octanol–water partition coefficient (Wildman–Crippen LogP) is 3.09. The number of hydrogen-bond donors (Lipinski definition) is 2. The van der Waals surface area contributed by atoms with Gasteiger partial charge in [-0.25, -0.2) is 13.1 Å². The highest BCUT2D eigenvalue weighted by Gasteiger charge is 2.22. The third-order valence-electron chi connectivity index (χ3n) is 3.25. The molecule has 0 saturated carbocycles. The minimum absolute atomic E-state index is 0.136. The van der Waals surface area contributed by atoms with Crippen LogP contribution in [-0.4, -0.2) is 20.4 Å². The van der Waals surface area contributed by atoms with E-state index in [1.807, 2.05) is 12.1 Å². The zero-order valence-corrected chi connectivity index (χ0v) is 14.3. The largest absolute Gasteiger partial charge is 0.321 e. The number of fused-ring (bicyclic) bond motifs is 2. The van der Waals surface area contributed by atoms with Crippen molar-refractivity contribution >= 4 is 33.4 Å². The van der Waals surface area contributed by atoms with E-state index in [0.717, 1.165) is 9.79 Å². The van der Waals surface area contributed by atoms with Crippen molar-refractivity contribution in [2.24, 2.45) is 0 Å². The minimum Gasteiger partial charge on any atom is -0.321 e. The number of benzene rings is 2. The molecule has 0 fully saturated rings. The Morgan fingerprint density at radius 2 is 1.83 bits per heavy atom. The minimum atomic E-state index is -3.60. The molecule has 0 saturated heterocycles. The van der Waals surface area contributed by atoms with E-state index in [9.17, 15) is 13.2 Å². The summed E-state index contributed by atoms with van der Waals surface area (Å²) in [6.07, 6.45) is 0. The van der Waals surface area contributed by atoms with Crippen LogP contribution < -0.4 is 10.0 Å². The molecule has 0 aromatic heterocycles. The summed E-state index contributed by atoms with van der Waals surface area (Å²) >= 11 is 1.44. The molecule has 0 atom stereocenters. The van der Waals surface area contributed by atoms with E-state index >= 15 is 0 Å². The second kappa shape index (κ2) is 5.99. The van der Waals surface area contributed by atoms with Gasteiger partial charge in [0, 0.05) is 15.8 Å². The number of nitrogens with one attached hydrogen (secondary N) is 2. The van der Waals surface area contributed by atoms with Crippen LogP contribution in [0.25, 0.3) is 0 Å². The fourth-order valence-electron chi connectivity index (χ4n) is 2.29. The number of carbonyl (C=O) groups excluding carboxylic acids is 1. The first kappa shape index (κ1) is 16.0. The molecule has 2 aromatic rings. The standard InChI is InChI=1S/C16H16N2O3S2/c1-10(2)18-23(20,21)11-7-8-15-13(9-11)17-16(19)12-5-3-4-6-14(12)22-15/h3-10,18H,1-2H3,(H,17,19). The molecular formula is C16H16N2O3S2. The van der Waals surface area contributed by atoms with Gasteiger partial charge >= 0.3 is 0 Å². The first-order valence-electron chi connectivity index (χ1n) is 7.11. The lowest BCUT2D eigenvalue weighted by Gasteiger charge is -2.12. The number of hydrogen-bond acceptors (Lipinski definition) is 4. The molecule has 3 rings (SSSR count). The van der Waals surface area contributed by atoms with Crippen LogP contribution in [0.5, 0.6) is 0 Å². The molecule has 0 bridgehead atoms. The van der Waals surface area contributed by atoms with Gasteiger partial charge in [0.2, 0.25) is 10.0 Å². The van der Waals surface area contributed by atoms with Crippen LogP contribution in [0.3, 0.4) is 0 Å². The Kier molecular flexibility index (Phi) is 4.18. The number of amides is 1. The Bertz CT molecular complexity index is 877.